The molecule has 100 valence electrons. The molecular weight excluding hydrogens is 234 g/mol. The molecule has 6 nitrogen and oxygen atoms in total. The monoisotopic (exact) mass is 253 g/mol. The summed E-state index contributed by atoms with van der Waals surface area (Å²) in [6.07, 6.45) is 2.49. The molecule has 1 saturated heterocycles. The third kappa shape index (κ3) is 3.40. The smallest absolute Gasteiger partial charge is 0.287 e. The van der Waals surface area contributed by atoms with Gasteiger partial charge in [0.15, 0.2) is 0 Å². The summed E-state index contributed by atoms with van der Waals surface area (Å²) in [6.45, 7) is 5.67. The Bertz CT molecular complexity index is 381. The highest BCUT2D eigenvalue weighted by atomic mass is 16.6. The van der Waals surface area contributed by atoms with Gasteiger partial charge in [-0.3, -0.25) is 10.1 Å². The van der Waals surface area contributed by atoms with E-state index in [2.05, 4.69) is 9.88 Å². The number of nitrogens with zero attached hydrogens (tertiary/aromatic N) is 3. The van der Waals surface area contributed by atoms with Crippen molar-refractivity contribution in [3.8, 4) is 0 Å². The Kier molecular flexibility index (Phi) is 5.51. The Hall–Kier alpha value is -1.69. The molecule has 1 unspecified atom stereocenters. The minimum absolute atomic E-state index is 0.0197. The van der Waals surface area contributed by atoms with Crippen molar-refractivity contribution in [1.82, 2.24) is 4.98 Å². The van der Waals surface area contributed by atoms with Crippen LogP contribution in [0.2, 0.25) is 0 Å². The molecule has 18 heavy (non-hydrogen) atoms. The number of methoxy groups -OCH3 is 1. The van der Waals surface area contributed by atoms with Crippen LogP contribution < -0.4 is 4.90 Å². The molecular formula is C12H19N3O3. The Morgan fingerprint density at radius 1 is 1.50 bits per heavy atom. The molecule has 1 aromatic heterocycles. The number of ether oxygens (including phenoxy) is 1. The summed E-state index contributed by atoms with van der Waals surface area (Å²) in [5.41, 5.74) is 0.0197. The van der Waals surface area contributed by atoms with Crippen LogP contribution in [0.1, 0.15) is 20.3 Å². The zero-order valence-electron chi connectivity index (χ0n) is 11.0. The lowest BCUT2D eigenvalue weighted by atomic mass is 10.3. The molecule has 0 saturated carbocycles. The van der Waals surface area contributed by atoms with Gasteiger partial charge in [-0.1, -0.05) is 13.8 Å². The minimum atomic E-state index is -0.446. The lowest BCUT2D eigenvalue weighted by Crippen LogP contribution is -2.22. The van der Waals surface area contributed by atoms with Gasteiger partial charge in [0.1, 0.15) is 12.0 Å². The highest BCUT2D eigenvalue weighted by Gasteiger charge is 2.23. The van der Waals surface area contributed by atoms with Gasteiger partial charge >= 0.3 is 0 Å². The predicted octanol–water partition coefficient (Wildman–Crippen LogP) is 2.24. The van der Waals surface area contributed by atoms with E-state index in [4.69, 9.17) is 4.74 Å². The molecule has 1 aliphatic rings. The standard InChI is InChI=1S/C10H13N3O3.C2H6/c1-16-9-4-5-12(7-9)10-3-2-8(6-11-10)13(14)15;1-2/h2-3,6,9H,4-5,7H2,1H3;1-2H3. The number of hydrogen-bond acceptors (Lipinski definition) is 5. The van der Waals surface area contributed by atoms with Gasteiger partial charge < -0.3 is 9.64 Å². The van der Waals surface area contributed by atoms with Crippen LogP contribution in [0.3, 0.4) is 0 Å². The van der Waals surface area contributed by atoms with E-state index in [0.717, 1.165) is 25.3 Å². The van der Waals surface area contributed by atoms with Gasteiger partial charge in [0, 0.05) is 26.3 Å². The van der Waals surface area contributed by atoms with E-state index in [1.165, 1.54) is 12.3 Å². The maximum atomic E-state index is 10.5. The molecule has 0 bridgehead atoms. The van der Waals surface area contributed by atoms with Crippen LogP contribution in [0.4, 0.5) is 11.5 Å². The number of aromatic nitrogens is 1. The molecule has 1 aromatic rings. The summed E-state index contributed by atoms with van der Waals surface area (Å²) in [6, 6.07) is 3.15. The first-order valence-electron chi connectivity index (χ1n) is 6.09. The summed E-state index contributed by atoms with van der Waals surface area (Å²) in [7, 11) is 1.69. The highest BCUT2D eigenvalue weighted by molar-refractivity contribution is 5.43. The molecule has 1 atom stereocenters. The Morgan fingerprint density at radius 2 is 2.22 bits per heavy atom. The second kappa shape index (κ2) is 6.90. The predicted molar refractivity (Wildman–Crippen MR) is 69.9 cm³/mol. The Morgan fingerprint density at radius 3 is 2.67 bits per heavy atom. The van der Waals surface area contributed by atoms with E-state index in [1.54, 1.807) is 13.2 Å². The largest absolute Gasteiger partial charge is 0.380 e. The van der Waals surface area contributed by atoms with Gasteiger partial charge in [0.2, 0.25) is 0 Å². The number of anilines is 1. The number of nitro groups is 1. The minimum Gasteiger partial charge on any atom is -0.380 e. The van der Waals surface area contributed by atoms with Crippen LogP contribution in [0, 0.1) is 10.1 Å². The summed E-state index contributed by atoms with van der Waals surface area (Å²) in [5.74, 6) is 0.769. The molecule has 6 heteroatoms. The third-order valence-electron chi connectivity index (χ3n) is 2.75. The van der Waals surface area contributed by atoms with Crippen molar-refractivity contribution in [2.75, 3.05) is 25.1 Å². The second-order valence-electron chi connectivity index (χ2n) is 3.72. The molecule has 0 aromatic carbocycles. The second-order valence-corrected chi connectivity index (χ2v) is 3.72. The first kappa shape index (κ1) is 14.4. The first-order valence-corrected chi connectivity index (χ1v) is 6.09. The van der Waals surface area contributed by atoms with Crippen molar-refractivity contribution in [3.05, 3.63) is 28.4 Å². The van der Waals surface area contributed by atoms with E-state index in [1.807, 2.05) is 13.8 Å². The summed E-state index contributed by atoms with van der Waals surface area (Å²) in [5, 5.41) is 10.5. The molecule has 2 heterocycles. The zero-order valence-corrected chi connectivity index (χ0v) is 11.0. The van der Waals surface area contributed by atoms with Crippen molar-refractivity contribution in [3.63, 3.8) is 0 Å². The fourth-order valence-corrected chi connectivity index (χ4v) is 1.80. The van der Waals surface area contributed by atoms with E-state index in [0.29, 0.717) is 0 Å². The summed E-state index contributed by atoms with van der Waals surface area (Å²) >= 11 is 0. The van der Waals surface area contributed by atoms with Gasteiger partial charge in [0.05, 0.1) is 11.0 Å². The molecule has 0 spiro atoms. The summed E-state index contributed by atoms with van der Waals surface area (Å²) in [4.78, 5) is 16.2. The van der Waals surface area contributed by atoms with Gasteiger partial charge in [-0.2, -0.15) is 0 Å². The quantitative estimate of drug-likeness (QED) is 0.610. The van der Waals surface area contributed by atoms with Gasteiger partial charge in [0.25, 0.3) is 5.69 Å². The van der Waals surface area contributed by atoms with E-state index < -0.39 is 4.92 Å². The average molecular weight is 253 g/mol. The van der Waals surface area contributed by atoms with Crippen molar-refractivity contribution >= 4 is 11.5 Å². The van der Waals surface area contributed by atoms with Crippen LogP contribution in [-0.4, -0.2) is 36.2 Å². The number of hydrogen-bond donors (Lipinski definition) is 0. The highest BCUT2D eigenvalue weighted by Crippen LogP contribution is 2.21. The zero-order chi connectivity index (χ0) is 13.5. The number of pyridine rings is 1. The Labute approximate surface area is 107 Å². The van der Waals surface area contributed by atoms with Crippen molar-refractivity contribution < 1.29 is 9.66 Å². The molecule has 2 rings (SSSR count). The normalized spacial score (nSPS) is 18.2. The van der Waals surface area contributed by atoms with Crippen LogP contribution in [-0.2, 0) is 4.74 Å². The van der Waals surface area contributed by atoms with E-state index in [-0.39, 0.29) is 11.8 Å². The average Bonchev–Trinajstić information content (AvgIpc) is 2.90. The Balaban J connectivity index is 0.000000771. The van der Waals surface area contributed by atoms with E-state index >= 15 is 0 Å². The topological polar surface area (TPSA) is 68.5 Å². The molecule has 0 N–H and O–H groups in total. The van der Waals surface area contributed by atoms with Gasteiger partial charge in [-0.15, -0.1) is 0 Å². The molecule has 0 aliphatic carbocycles. The molecule has 1 fully saturated rings. The van der Waals surface area contributed by atoms with Crippen LogP contribution in [0.15, 0.2) is 18.3 Å². The first-order chi connectivity index (χ1) is 8.70. The SMILES string of the molecule is CC.COC1CCN(c2ccc([N+](=O)[O-])cn2)C1. The fraction of sp³-hybridized carbons (Fsp3) is 0.583. The van der Waals surface area contributed by atoms with Gasteiger partial charge in [-0.25, -0.2) is 4.98 Å². The lowest BCUT2D eigenvalue weighted by molar-refractivity contribution is -0.385. The maximum Gasteiger partial charge on any atom is 0.287 e. The van der Waals surface area contributed by atoms with Crippen molar-refractivity contribution in [2.24, 2.45) is 0 Å². The number of rotatable bonds is 3. The molecule has 0 amide bonds. The van der Waals surface area contributed by atoms with Crippen molar-refractivity contribution in [2.45, 2.75) is 26.4 Å². The maximum absolute atomic E-state index is 10.5. The fourth-order valence-electron chi connectivity index (χ4n) is 1.80. The van der Waals surface area contributed by atoms with Crippen LogP contribution >= 0.6 is 0 Å². The molecule has 1 aliphatic heterocycles. The van der Waals surface area contributed by atoms with Gasteiger partial charge in [-0.05, 0) is 12.5 Å². The van der Waals surface area contributed by atoms with Crippen LogP contribution in [0.25, 0.3) is 0 Å². The lowest BCUT2D eigenvalue weighted by Gasteiger charge is -2.16. The van der Waals surface area contributed by atoms with Crippen LogP contribution in [0.5, 0.6) is 0 Å². The van der Waals surface area contributed by atoms with E-state index in [9.17, 15) is 10.1 Å². The molecule has 0 radical (unpaired) electrons. The summed E-state index contributed by atoms with van der Waals surface area (Å²) < 4.78 is 5.25. The third-order valence-corrected chi connectivity index (χ3v) is 2.75. The van der Waals surface area contributed by atoms with Crippen molar-refractivity contribution in [1.29, 1.82) is 0 Å².